The maximum atomic E-state index is 14.5. The van der Waals surface area contributed by atoms with Gasteiger partial charge in [-0.3, -0.25) is 19.4 Å². The lowest BCUT2D eigenvalue weighted by molar-refractivity contribution is -0.296. The molecular weight excluding hydrogens is 791 g/mol. The summed E-state index contributed by atoms with van der Waals surface area (Å²) < 4.78 is 31.4. The Hall–Kier alpha value is -4.71. The highest BCUT2D eigenvalue weighted by Crippen LogP contribution is 2.40. The van der Waals surface area contributed by atoms with Gasteiger partial charge in [0.25, 0.3) is 0 Å². The Morgan fingerprint density at radius 1 is 0.935 bits per heavy atom. The van der Waals surface area contributed by atoms with Gasteiger partial charge in [0.05, 0.1) is 29.4 Å². The third-order valence-corrected chi connectivity index (χ3v) is 13.2. The number of hydrogen-bond acceptors (Lipinski definition) is 12. The maximum Gasteiger partial charge on any atom is 0.408 e. The molecule has 3 aliphatic heterocycles. The molecule has 334 valence electrons. The van der Waals surface area contributed by atoms with Crippen molar-refractivity contribution in [1.29, 1.82) is 0 Å². The fraction of sp³-hybridized carbons (Fsp3) is 0.571. The molecule has 13 nitrogen and oxygen atoms in total. The minimum atomic E-state index is -1.40. The number of para-hydroxylation sites is 1. The zero-order valence-corrected chi connectivity index (χ0v) is 37.7. The number of likely N-dealkylation sites (N-methyl/N-ethyl adjacent to an activating group) is 1. The number of aliphatic hydroxyl groups is 1. The first-order valence-corrected chi connectivity index (χ1v) is 21.8. The summed E-state index contributed by atoms with van der Waals surface area (Å²) in [5, 5.41) is 15.5. The van der Waals surface area contributed by atoms with Crippen molar-refractivity contribution in [2.45, 2.75) is 135 Å². The number of hydrogen-bond donors (Lipinski definition) is 2. The van der Waals surface area contributed by atoms with Crippen molar-refractivity contribution in [2.24, 2.45) is 23.7 Å². The summed E-state index contributed by atoms with van der Waals surface area (Å²) in [5.74, 6) is 1.12. The second kappa shape index (κ2) is 19.4. The molecule has 0 aliphatic carbocycles. The molecular formula is C49H63N3O10. The van der Waals surface area contributed by atoms with E-state index in [2.05, 4.69) is 28.2 Å². The van der Waals surface area contributed by atoms with Crippen molar-refractivity contribution in [3.05, 3.63) is 66.4 Å². The molecule has 4 heterocycles. The van der Waals surface area contributed by atoms with Gasteiger partial charge in [-0.15, -0.1) is 0 Å². The van der Waals surface area contributed by atoms with Gasteiger partial charge >= 0.3 is 12.1 Å². The number of esters is 1. The van der Waals surface area contributed by atoms with E-state index in [1.807, 2.05) is 80.6 Å². The van der Waals surface area contributed by atoms with E-state index in [1.165, 1.54) is 6.92 Å². The third-order valence-electron chi connectivity index (χ3n) is 13.2. The number of cyclic esters (lactones) is 1. The molecule has 6 rings (SSSR count). The second-order valence-electron chi connectivity index (χ2n) is 18.1. The SMILES string of the molecule is CC[C@H]1OC(=O)[C@H](C)C(=O)[C@H](C)[C@@H](O[C@@H]2O[C@H](C)C[C@H](N(C)C)[C@H]2O)[C@](C)(OCC#CCc2ccc(-c3cnc4ccccc4c3)cc2)C[C@@H](C)C(=O)[C@H](C)[C@H]2NC(=O)O[C@@]21C. The van der Waals surface area contributed by atoms with E-state index in [1.54, 1.807) is 41.5 Å². The molecule has 3 aromatic rings. The van der Waals surface area contributed by atoms with Crippen LogP contribution in [0.15, 0.2) is 60.8 Å². The van der Waals surface area contributed by atoms with E-state index in [-0.39, 0.29) is 37.4 Å². The molecule has 0 radical (unpaired) electrons. The summed E-state index contributed by atoms with van der Waals surface area (Å²) in [6.07, 6.45) is -2.19. The van der Waals surface area contributed by atoms with Gasteiger partial charge in [-0.05, 0) is 84.3 Å². The van der Waals surface area contributed by atoms with Gasteiger partial charge in [0.2, 0.25) is 0 Å². The van der Waals surface area contributed by atoms with E-state index in [0.717, 1.165) is 27.6 Å². The number of carbonyl (C=O) groups excluding carboxylic acids is 4. The molecule has 1 aromatic heterocycles. The van der Waals surface area contributed by atoms with Gasteiger partial charge in [-0.1, -0.05) is 82.0 Å². The summed E-state index contributed by atoms with van der Waals surface area (Å²) >= 11 is 0. The lowest BCUT2D eigenvalue weighted by Gasteiger charge is -2.47. The number of benzene rings is 2. The Labute approximate surface area is 365 Å². The Balaban J connectivity index is 1.31. The van der Waals surface area contributed by atoms with Crippen LogP contribution in [-0.4, -0.2) is 113 Å². The van der Waals surface area contributed by atoms with Crippen molar-refractivity contribution < 1.29 is 48.0 Å². The Bertz CT molecular complexity index is 2170. The quantitative estimate of drug-likeness (QED) is 0.148. The first kappa shape index (κ1) is 46.8. The van der Waals surface area contributed by atoms with Gasteiger partial charge in [0.1, 0.15) is 30.5 Å². The van der Waals surface area contributed by atoms with Crippen molar-refractivity contribution >= 4 is 34.5 Å². The molecule has 0 saturated carbocycles. The minimum absolute atomic E-state index is 0.0645. The Morgan fingerprint density at radius 3 is 2.34 bits per heavy atom. The molecule has 0 unspecified atom stereocenters. The molecule has 13 atom stereocenters. The fourth-order valence-electron chi connectivity index (χ4n) is 9.59. The average molecular weight is 854 g/mol. The number of rotatable bonds is 8. The van der Waals surface area contributed by atoms with Crippen molar-refractivity contribution in [3.63, 3.8) is 0 Å². The van der Waals surface area contributed by atoms with Crippen LogP contribution in [0.25, 0.3) is 22.0 Å². The molecule has 3 fully saturated rings. The average Bonchev–Trinajstić information content (AvgIpc) is 3.57. The molecule has 62 heavy (non-hydrogen) atoms. The van der Waals surface area contributed by atoms with Gasteiger partial charge in [0, 0.05) is 47.4 Å². The van der Waals surface area contributed by atoms with E-state index < -0.39 is 83.4 Å². The number of nitrogens with zero attached hydrogens (tertiary/aromatic N) is 2. The maximum absolute atomic E-state index is 14.5. The second-order valence-corrected chi connectivity index (χ2v) is 18.1. The Kier molecular flexibility index (Phi) is 14.6. The largest absolute Gasteiger partial charge is 0.458 e. The first-order chi connectivity index (χ1) is 29.4. The van der Waals surface area contributed by atoms with Crippen LogP contribution in [0.3, 0.4) is 0 Å². The molecule has 2 aromatic carbocycles. The van der Waals surface area contributed by atoms with Crippen LogP contribution < -0.4 is 5.32 Å². The predicted octanol–water partition coefficient (Wildman–Crippen LogP) is 6.31. The number of alkyl carbamates (subject to hydrolysis) is 1. The number of Topliss-reactive ketones (excluding diaryl/α,β-unsaturated/α-hetero) is 2. The van der Waals surface area contributed by atoms with Crippen molar-refractivity contribution in [2.75, 3.05) is 20.7 Å². The number of nitrogens with one attached hydrogen (secondary N) is 1. The number of aromatic nitrogens is 1. The van der Waals surface area contributed by atoms with Crippen LogP contribution in [0.2, 0.25) is 0 Å². The number of ketones is 2. The third kappa shape index (κ3) is 9.90. The van der Waals surface area contributed by atoms with E-state index in [4.69, 9.17) is 23.7 Å². The van der Waals surface area contributed by atoms with Crippen LogP contribution in [0.4, 0.5) is 4.79 Å². The topological polar surface area (TPSA) is 163 Å². The number of fused-ring (bicyclic) bond motifs is 2. The van der Waals surface area contributed by atoms with Crippen molar-refractivity contribution in [1.82, 2.24) is 15.2 Å². The summed E-state index contributed by atoms with van der Waals surface area (Å²) in [4.78, 5) is 62.1. The fourth-order valence-corrected chi connectivity index (χ4v) is 9.59. The van der Waals surface area contributed by atoms with E-state index in [0.29, 0.717) is 12.8 Å². The number of carbonyl (C=O) groups is 4. The van der Waals surface area contributed by atoms with Gasteiger partial charge in [-0.25, -0.2) is 4.79 Å². The van der Waals surface area contributed by atoms with Crippen LogP contribution in [0.1, 0.15) is 80.2 Å². The number of amides is 1. The molecule has 3 saturated heterocycles. The Morgan fingerprint density at radius 2 is 1.65 bits per heavy atom. The zero-order chi connectivity index (χ0) is 45.1. The minimum Gasteiger partial charge on any atom is -0.458 e. The predicted molar refractivity (Wildman–Crippen MR) is 234 cm³/mol. The molecule has 3 aliphatic rings. The lowest BCUT2D eigenvalue weighted by Crippen LogP contribution is -2.60. The highest BCUT2D eigenvalue weighted by atomic mass is 16.7. The highest BCUT2D eigenvalue weighted by Gasteiger charge is 2.57. The summed E-state index contributed by atoms with van der Waals surface area (Å²) in [5.41, 5.74) is 1.21. The molecule has 0 bridgehead atoms. The van der Waals surface area contributed by atoms with Gasteiger partial charge in [-0.2, -0.15) is 0 Å². The number of ether oxygens (including phenoxy) is 5. The van der Waals surface area contributed by atoms with Gasteiger partial charge in [0.15, 0.2) is 17.7 Å². The van der Waals surface area contributed by atoms with Crippen LogP contribution in [0, 0.1) is 35.5 Å². The summed E-state index contributed by atoms with van der Waals surface area (Å²) in [7, 11) is 3.74. The zero-order valence-electron chi connectivity index (χ0n) is 37.7. The normalized spacial score (nSPS) is 34.7. The molecule has 1 amide bonds. The lowest BCUT2D eigenvalue weighted by atomic mass is 9.73. The van der Waals surface area contributed by atoms with Crippen LogP contribution >= 0.6 is 0 Å². The van der Waals surface area contributed by atoms with Gasteiger partial charge < -0.3 is 39.0 Å². The number of pyridine rings is 1. The first-order valence-electron chi connectivity index (χ1n) is 21.8. The standard InChI is InChI=1S/C49H63N3O10/c1-11-39-49(8)43(51-47(57)62-49)30(4)40(53)28(2)26-48(7,44(31(5)41(54)32(6)45(56)60-39)61-46-42(55)38(52(9)10)24-29(3)59-46)58-23-15-14-16-33-19-21-34(22-20-33)36-25-35-17-12-13-18-37(35)50-27-36/h12-13,17-22,25,27-32,38-39,42-44,46,55H,11,16,23-24,26H2,1-10H3,(H,51,57)/t28-,29-,30+,31+,32-,38+,39-,42-,43-,44-,46+,48-,49-/m1/s1. The van der Waals surface area contributed by atoms with E-state index in [9.17, 15) is 24.3 Å². The number of aliphatic hydroxyl groups excluding tert-OH is 1. The van der Waals surface area contributed by atoms with Crippen LogP contribution in [-0.2, 0) is 44.5 Å². The molecule has 13 heteroatoms. The highest BCUT2D eigenvalue weighted by molar-refractivity contribution is 6.00. The summed E-state index contributed by atoms with van der Waals surface area (Å²) in [6, 6.07) is 17.1. The smallest absolute Gasteiger partial charge is 0.408 e. The molecule has 0 spiro atoms. The molecule has 2 N–H and O–H groups in total. The van der Waals surface area contributed by atoms with Crippen molar-refractivity contribution in [3.8, 4) is 23.0 Å². The monoisotopic (exact) mass is 853 g/mol. The van der Waals surface area contributed by atoms with Crippen LogP contribution in [0.5, 0.6) is 0 Å². The van der Waals surface area contributed by atoms with E-state index >= 15 is 0 Å². The summed E-state index contributed by atoms with van der Waals surface area (Å²) in [6.45, 7) is 13.7.